The number of hydrogen-bond donors (Lipinski definition) is 0. The first-order valence-electron chi connectivity index (χ1n) is 11.0. The number of para-hydroxylation sites is 1. The van der Waals surface area contributed by atoms with Crippen molar-refractivity contribution < 1.29 is 13.9 Å². The summed E-state index contributed by atoms with van der Waals surface area (Å²) >= 11 is 0. The number of amides is 1. The van der Waals surface area contributed by atoms with Crippen LogP contribution in [-0.2, 0) is 4.74 Å². The van der Waals surface area contributed by atoms with Crippen molar-refractivity contribution in [1.29, 1.82) is 0 Å². The van der Waals surface area contributed by atoms with Crippen molar-refractivity contribution in [3.8, 4) is 0 Å². The summed E-state index contributed by atoms with van der Waals surface area (Å²) in [6.07, 6.45) is 0.825. The summed E-state index contributed by atoms with van der Waals surface area (Å²) in [5.41, 5.74) is 2.88. The number of nitrogens with zero attached hydrogens (tertiary/aromatic N) is 1. The average molecular weight is 420 g/mol. The van der Waals surface area contributed by atoms with Crippen LogP contribution in [0.5, 0.6) is 0 Å². The summed E-state index contributed by atoms with van der Waals surface area (Å²) in [5, 5.41) is 0.503. The normalized spacial score (nSPS) is 16.0. The van der Waals surface area contributed by atoms with E-state index in [1.165, 1.54) is 5.56 Å². The van der Waals surface area contributed by atoms with Crippen LogP contribution in [0.3, 0.4) is 0 Å². The van der Waals surface area contributed by atoms with Gasteiger partial charge in [0.1, 0.15) is 5.58 Å². The molecular weight excluding hydrogens is 390 g/mol. The van der Waals surface area contributed by atoms with Gasteiger partial charge in [-0.1, -0.05) is 50.2 Å². The second kappa shape index (κ2) is 8.67. The molecule has 1 amide bonds. The van der Waals surface area contributed by atoms with E-state index in [2.05, 4.69) is 26.0 Å². The zero-order valence-corrected chi connectivity index (χ0v) is 18.6. The standard InChI is InChI=1S/C26H29NO4/c1-16(2)18-10-12-19(13-11-18)23-22-24(28)20-8-5-6-9-21(20)31-25(22)26(29)27(23)14-7-15-30-17(3)4/h5-6,8-13,16-17,23H,7,14-15H2,1-4H3. The van der Waals surface area contributed by atoms with Crippen molar-refractivity contribution in [1.82, 2.24) is 4.90 Å². The Bertz CT molecular complexity index is 1140. The number of carbonyl (C=O) groups excluding carboxylic acids is 1. The summed E-state index contributed by atoms with van der Waals surface area (Å²) in [6, 6.07) is 14.8. The molecule has 1 aromatic heterocycles. The molecule has 0 aliphatic carbocycles. The molecule has 4 rings (SSSR count). The van der Waals surface area contributed by atoms with Crippen LogP contribution in [0.2, 0.25) is 0 Å². The van der Waals surface area contributed by atoms with Crippen molar-refractivity contribution in [2.24, 2.45) is 0 Å². The quantitative estimate of drug-likeness (QED) is 0.489. The molecule has 0 spiro atoms. The molecule has 5 heteroatoms. The SMILES string of the molecule is CC(C)OCCCN1C(=O)c2oc3ccccc3c(=O)c2C1c1ccc(C(C)C)cc1. The van der Waals surface area contributed by atoms with Gasteiger partial charge < -0.3 is 14.1 Å². The van der Waals surface area contributed by atoms with Crippen molar-refractivity contribution in [2.75, 3.05) is 13.2 Å². The fraction of sp³-hybridized carbons (Fsp3) is 0.385. The van der Waals surface area contributed by atoms with E-state index in [4.69, 9.17) is 9.15 Å². The topological polar surface area (TPSA) is 59.8 Å². The molecule has 0 saturated carbocycles. The molecule has 3 aromatic rings. The molecule has 2 heterocycles. The minimum atomic E-state index is -0.455. The molecule has 0 N–H and O–H groups in total. The lowest BCUT2D eigenvalue weighted by Crippen LogP contribution is -2.31. The minimum absolute atomic E-state index is 0.135. The van der Waals surface area contributed by atoms with Crippen LogP contribution in [0, 0.1) is 0 Å². The molecule has 1 atom stereocenters. The highest BCUT2D eigenvalue weighted by Gasteiger charge is 2.42. The molecule has 31 heavy (non-hydrogen) atoms. The number of carbonyl (C=O) groups is 1. The highest BCUT2D eigenvalue weighted by atomic mass is 16.5. The summed E-state index contributed by atoms with van der Waals surface area (Å²) in [6.45, 7) is 9.31. The predicted octanol–water partition coefficient (Wildman–Crippen LogP) is 5.28. The number of fused-ring (bicyclic) bond motifs is 2. The lowest BCUT2D eigenvalue weighted by atomic mass is 9.95. The van der Waals surface area contributed by atoms with Crippen LogP contribution >= 0.6 is 0 Å². The maximum absolute atomic E-state index is 13.4. The van der Waals surface area contributed by atoms with E-state index in [9.17, 15) is 9.59 Å². The number of hydrogen-bond acceptors (Lipinski definition) is 4. The molecule has 2 aromatic carbocycles. The van der Waals surface area contributed by atoms with E-state index in [-0.39, 0.29) is 23.2 Å². The zero-order chi connectivity index (χ0) is 22.1. The lowest BCUT2D eigenvalue weighted by molar-refractivity contribution is 0.0593. The summed E-state index contributed by atoms with van der Waals surface area (Å²) in [7, 11) is 0. The third-order valence-electron chi connectivity index (χ3n) is 5.79. The van der Waals surface area contributed by atoms with E-state index < -0.39 is 6.04 Å². The Labute approximate surface area is 182 Å². The third kappa shape index (κ3) is 4.02. The molecule has 162 valence electrons. The van der Waals surface area contributed by atoms with Crippen LogP contribution in [-0.4, -0.2) is 30.1 Å². The van der Waals surface area contributed by atoms with Crippen molar-refractivity contribution in [2.45, 2.75) is 52.2 Å². The molecule has 0 radical (unpaired) electrons. The third-order valence-corrected chi connectivity index (χ3v) is 5.79. The molecule has 0 bridgehead atoms. The fourth-order valence-corrected chi connectivity index (χ4v) is 4.16. The Morgan fingerprint density at radius 2 is 1.71 bits per heavy atom. The van der Waals surface area contributed by atoms with Gasteiger partial charge in [0, 0.05) is 13.2 Å². The number of ether oxygens (including phenoxy) is 1. The summed E-state index contributed by atoms with van der Waals surface area (Å²) in [5.74, 6) is 0.330. The highest BCUT2D eigenvalue weighted by Crippen LogP contribution is 2.38. The number of rotatable bonds is 7. The van der Waals surface area contributed by atoms with Gasteiger partial charge in [0.15, 0.2) is 5.43 Å². The van der Waals surface area contributed by atoms with Gasteiger partial charge in [0.25, 0.3) is 5.91 Å². The second-order valence-corrected chi connectivity index (χ2v) is 8.67. The summed E-state index contributed by atoms with van der Waals surface area (Å²) in [4.78, 5) is 28.5. The van der Waals surface area contributed by atoms with Gasteiger partial charge in [-0.3, -0.25) is 9.59 Å². The highest BCUT2D eigenvalue weighted by molar-refractivity contribution is 5.99. The molecule has 5 nitrogen and oxygen atoms in total. The second-order valence-electron chi connectivity index (χ2n) is 8.67. The van der Waals surface area contributed by atoms with Crippen molar-refractivity contribution >= 4 is 16.9 Å². The first-order valence-corrected chi connectivity index (χ1v) is 11.0. The van der Waals surface area contributed by atoms with Gasteiger partial charge >= 0.3 is 0 Å². The maximum atomic E-state index is 13.4. The largest absolute Gasteiger partial charge is 0.450 e. The molecule has 1 aliphatic heterocycles. The van der Waals surface area contributed by atoms with E-state index in [1.807, 2.05) is 32.0 Å². The molecule has 0 fully saturated rings. The number of benzene rings is 2. The van der Waals surface area contributed by atoms with Gasteiger partial charge in [-0.25, -0.2) is 0 Å². The van der Waals surface area contributed by atoms with Crippen molar-refractivity contribution in [3.63, 3.8) is 0 Å². The average Bonchev–Trinajstić information content (AvgIpc) is 3.03. The molecular formula is C26H29NO4. The van der Waals surface area contributed by atoms with Gasteiger partial charge in [-0.05, 0) is 49.4 Å². The summed E-state index contributed by atoms with van der Waals surface area (Å²) < 4.78 is 11.6. The van der Waals surface area contributed by atoms with Gasteiger partial charge in [-0.15, -0.1) is 0 Å². The maximum Gasteiger partial charge on any atom is 0.290 e. The Kier molecular flexibility index (Phi) is 5.96. The van der Waals surface area contributed by atoms with E-state index >= 15 is 0 Å². The van der Waals surface area contributed by atoms with Crippen LogP contribution in [0.1, 0.15) is 73.3 Å². The predicted molar refractivity (Wildman–Crippen MR) is 122 cm³/mol. The van der Waals surface area contributed by atoms with Crippen LogP contribution in [0.15, 0.2) is 57.7 Å². The monoisotopic (exact) mass is 419 g/mol. The van der Waals surface area contributed by atoms with Crippen LogP contribution in [0.25, 0.3) is 11.0 Å². The Morgan fingerprint density at radius 1 is 1.00 bits per heavy atom. The van der Waals surface area contributed by atoms with Crippen LogP contribution < -0.4 is 5.43 Å². The first kappa shape index (κ1) is 21.3. The smallest absolute Gasteiger partial charge is 0.290 e. The van der Waals surface area contributed by atoms with Gasteiger partial charge in [0.2, 0.25) is 5.76 Å². The fourth-order valence-electron chi connectivity index (χ4n) is 4.16. The Morgan fingerprint density at radius 3 is 2.39 bits per heavy atom. The molecule has 0 saturated heterocycles. The lowest BCUT2D eigenvalue weighted by Gasteiger charge is -2.25. The molecule has 1 aliphatic rings. The van der Waals surface area contributed by atoms with Crippen LogP contribution in [0.4, 0.5) is 0 Å². The van der Waals surface area contributed by atoms with E-state index in [0.717, 1.165) is 5.56 Å². The van der Waals surface area contributed by atoms with Gasteiger partial charge in [0.05, 0.1) is 23.1 Å². The van der Waals surface area contributed by atoms with Crippen molar-refractivity contribution in [3.05, 3.63) is 81.2 Å². The minimum Gasteiger partial charge on any atom is -0.450 e. The first-order chi connectivity index (χ1) is 14.9. The zero-order valence-electron chi connectivity index (χ0n) is 18.6. The van der Waals surface area contributed by atoms with E-state index in [1.54, 1.807) is 23.1 Å². The molecule has 1 unspecified atom stereocenters. The van der Waals surface area contributed by atoms with Gasteiger partial charge in [-0.2, -0.15) is 0 Å². The Balaban J connectivity index is 1.78. The Hall–Kier alpha value is -2.92. The van der Waals surface area contributed by atoms with E-state index in [0.29, 0.717) is 42.0 Å².